The lowest BCUT2D eigenvalue weighted by Crippen LogP contribution is -2.22. The molecule has 1 unspecified atom stereocenters. The summed E-state index contributed by atoms with van der Waals surface area (Å²) in [5.41, 5.74) is 1.89. The van der Waals surface area contributed by atoms with Crippen LogP contribution in [0.15, 0.2) is 53.1 Å². The largest absolute Gasteiger partial charge is 0.337 e. The average Bonchev–Trinajstić information content (AvgIpc) is 3.09. The number of halogens is 2. The second kappa shape index (κ2) is 7.34. The molecule has 24 heavy (non-hydrogen) atoms. The molecule has 2 aromatic carbocycles. The van der Waals surface area contributed by atoms with Gasteiger partial charge in [0.15, 0.2) is 0 Å². The molecule has 1 atom stereocenters. The molecule has 0 aliphatic carbocycles. The van der Waals surface area contributed by atoms with E-state index < -0.39 is 0 Å². The molecule has 0 spiro atoms. The highest BCUT2D eigenvalue weighted by Gasteiger charge is 2.20. The first kappa shape index (κ1) is 17.0. The van der Waals surface area contributed by atoms with E-state index in [-0.39, 0.29) is 6.04 Å². The first-order chi connectivity index (χ1) is 11.6. The van der Waals surface area contributed by atoms with Gasteiger partial charge in [0, 0.05) is 12.1 Å². The van der Waals surface area contributed by atoms with Crippen LogP contribution in [-0.4, -0.2) is 22.1 Å². The summed E-state index contributed by atoms with van der Waals surface area (Å²) in [6.07, 6.45) is 0. The van der Waals surface area contributed by atoms with Crippen LogP contribution >= 0.6 is 23.2 Å². The highest BCUT2D eigenvalue weighted by molar-refractivity contribution is 6.42. The van der Waals surface area contributed by atoms with Crippen LogP contribution in [0.3, 0.4) is 0 Å². The Bertz CT molecular complexity index is 820. The van der Waals surface area contributed by atoms with Gasteiger partial charge in [-0.05, 0) is 25.6 Å². The molecule has 124 valence electrons. The fourth-order valence-corrected chi connectivity index (χ4v) is 2.75. The summed E-state index contributed by atoms with van der Waals surface area (Å²) < 4.78 is 5.43. The van der Waals surface area contributed by atoms with E-state index in [9.17, 15) is 0 Å². The molecular formula is C18H17Cl2N3O. The van der Waals surface area contributed by atoms with Crippen molar-refractivity contribution in [2.45, 2.75) is 19.5 Å². The van der Waals surface area contributed by atoms with Gasteiger partial charge < -0.3 is 4.52 Å². The normalized spacial score (nSPS) is 12.5. The second-order valence-electron chi connectivity index (χ2n) is 5.63. The monoisotopic (exact) mass is 361 g/mol. The molecule has 6 heteroatoms. The van der Waals surface area contributed by atoms with Crippen LogP contribution < -0.4 is 0 Å². The van der Waals surface area contributed by atoms with Gasteiger partial charge in [-0.2, -0.15) is 4.98 Å². The van der Waals surface area contributed by atoms with Crippen LogP contribution in [0.25, 0.3) is 11.4 Å². The molecule has 0 bridgehead atoms. The standard InChI is InChI=1S/C18H17Cl2N3O/c1-12(23(2)11-14-9-6-10-15(19)16(14)20)18-21-17(22-24-18)13-7-4-3-5-8-13/h3-10,12H,11H2,1-2H3. The Hall–Kier alpha value is -1.88. The van der Waals surface area contributed by atoms with E-state index in [4.69, 9.17) is 27.7 Å². The van der Waals surface area contributed by atoms with Gasteiger partial charge in [-0.25, -0.2) is 0 Å². The van der Waals surface area contributed by atoms with Gasteiger partial charge >= 0.3 is 0 Å². The number of hydrogen-bond acceptors (Lipinski definition) is 4. The van der Waals surface area contributed by atoms with Crippen LogP contribution in [0.5, 0.6) is 0 Å². The van der Waals surface area contributed by atoms with Crippen molar-refractivity contribution in [3.8, 4) is 11.4 Å². The van der Waals surface area contributed by atoms with E-state index in [0.717, 1.165) is 11.1 Å². The Morgan fingerprint density at radius 1 is 1.08 bits per heavy atom. The molecule has 0 fully saturated rings. The van der Waals surface area contributed by atoms with E-state index in [2.05, 4.69) is 15.0 Å². The first-order valence-corrected chi connectivity index (χ1v) is 8.34. The molecule has 1 aromatic heterocycles. The summed E-state index contributed by atoms with van der Waals surface area (Å²) in [6, 6.07) is 15.3. The Kier molecular flexibility index (Phi) is 5.19. The van der Waals surface area contributed by atoms with Crippen LogP contribution in [0, 0.1) is 0 Å². The van der Waals surface area contributed by atoms with Gasteiger partial charge in [-0.1, -0.05) is 70.8 Å². The third-order valence-electron chi connectivity index (χ3n) is 3.94. The molecule has 0 N–H and O–H groups in total. The summed E-state index contributed by atoms with van der Waals surface area (Å²) in [5, 5.41) is 5.20. The van der Waals surface area contributed by atoms with E-state index in [1.807, 2.05) is 56.4 Å². The lowest BCUT2D eigenvalue weighted by atomic mass is 10.2. The Labute approximate surface area is 151 Å². The van der Waals surface area contributed by atoms with Gasteiger partial charge in [0.25, 0.3) is 0 Å². The van der Waals surface area contributed by atoms with Crippen molar-refractivity contribution < 1.29 is 4.52 Å². The number of aromatic nitrogens is 2. The topological polar surface area (TPSA) is 42.2 Å². The first-order valence-electron chi connectivity index (χ1n) is 7.58. The number of nitrogens with zero attached hydrogens (tertiary/aromatic N) is 3. The maximum atomic E-state index is 6.26. The molecular weight excluding hydrogens is 345 g/mol. The van der Waals surface area contributed by atoms with Crippen molar-refractivity contribution in [1.29, 1.82) is 0 Å². The number of benzene rings is 2. The van der Waals surface area contributed by atoms with Crippen molar-refractivity contribution in [3.05, 3.63) is 70.0 Å². The van der Waals surface area contributed by atoms with Crippen molar-refractivity contribution in [3.63, 3.8) is 0 Å². The molecule has 0 aliphatic heterocycles. The molecule has 3 aromatic rings. The summed E-state index contributed by atoms with van der Waals surface area (Å²) in [4.78, 5) is 6.59. The molecule has 0 saturated carbocycles. The molecule has 0 radical (unpaired) electrons. The van der Waals surface area contributed by atoms with E-state index >= 15 is 0 Å². The van der Waals surface area contributed by atoms with Crippen LogP contribution in [0.4, 0.5) is 0 Å². The van der Waals surface area contributed by atoms with Gasteiger partial charge in [0.1, 0.15) is 0 Å². The Balaban J connectivity index is 1.75. The summed E-state index contributed by atoms with van der Waals surface area (Å²) >= 11 is 12.3. The third-order valence-corrected chi connectivity index (χ3v) is 4.80. The lowest BCUT2D eigenvalue weighted by Gasteiger charge is -2.22. The summed E-state index contributed by atoms with van der Waals surface area (Å²) in [5.74, 6) is 1.15. The fourth-order valence-electron chi connectivity index (χ4n) is 2.37. The molecule has 0 saturated heterocycles. The Morgan fingerprint density at radius 3 is 2.58 bits per heavy atom. The van der Waals surface area contributed by atoms with Gasteiger partial charge in [0.05, 0.1) is 16.1 Å². The number of hydrogen-bond donors (Lipinski definition) is 0. The van der Waals surface area contributed by atoms with Crippen molar-refractivity contribution in [2.24, 2.45) is 0 Å². The highest BCUT2D eigenvalue weighted by atomic mass is 35.5. The Morgan fingerprint density at radius 2 is 1.83 bits per heavy atom. The molecule has 3 rings (SSSR count). The van der Waals surface area contributed by atoms with E-state index in [0.29, 0.717) is 28.3 Å². The minimum atomic E-state index is -0.0509. The van der Waals surface area contributed by atoms with Crippen LogP contribution in [0.1, 0.15) is 24.4 Å². The van der Waals surface area contributed by atoms with E-state index in [1.54, 1.807) is 6.07 Å². The zero-order valence-corrected chi connectivity index (χ0v) is 14.9. The van der Waals surface area contributed by atoms with Crippen molar-refractivity contribution in [2.75, 3.05) is 7.05 Å². The SMILES string of the molecule is CC(c1nc(-c2ccccc2)no1)N(C)Cc1cccc(Cl)c1Cl. The highest BCUT2D eigenvalue weighted by Crippen LogP contribution is 2.28. The maximum Gasteiger partial charge on any atom is 0.244 e. The second-order valence-corrected chi connectivity index (χ2v) is 6.41. The van der Waals surface area contributed by atoms with E-state index in [1.165, 1.54) is 0 Å². The van der Waals surface area contributed by atoms with Crippen molar-refractivity contribution in [1.82, 2.24) is 15.0 Å². The zero-order chi connectivity index (χ0) is 17.1. The van der Waals surface area contributed by atoms with Gasteiger partial charge in [0.2, 0.25) is 11.7 Å². The quantitative estimate of drug-likeness (QED) is 0.623. The minimum Gasteiger partial charge on any atom is -0.337 e. The smallest absolute Gasteiger partial charge is 0.244 e. The van der Waals surface area contributed by atoms with Gasteiger partial charge in [-0.15, -0.1) is 0 Å². The van der Waals surface area contributed by atoms with Crippen molar-refractivity contribution >= 4 is 23.2 Å². The van der Waals surface area contributed by atoms with Gasteiger partial charge in [-0.3, -0.25) is 4.90 Å². The molecule has 0 amide bonds. The summed E-state index contributed by atoms with van der Waals surface area (Å²) in [6.45, 7) is 2.64. The molecule has 0 aliphatic rings. The molecule has 1 heterocycles. The zero-order valence-electron chi connectivity index (χ0n) is 13.4. The fraction of sp³-hybridized carbons (Fsp3) is 0.222. The number of rotatable bonds is 5. The maximum absolute atomic E-state index is 6.26. The minimum absolute atomic E-state index is 0.0509. The molecule has 4 nitrogen and oxygen atoms in total. The predicted molar refractivity (Wildman–Crippen MR) is 96.1 cm³/mol. The summed E-state index contributed by atoms with van der Waals surface area (Å²) in [7, 11) is 1.98. The van der Waals surface area contributed by atoms with Crippen LogP contribution in [0.2, 0.25) is 10.0 Å². The lowest BCUT2D eigenvalue weighted by molar-refractivity contribution is 0.203. The van der Waals surface area contributed by atoms with Crippen LogP contribution in [-0.2, 0) is 6.54 Å². The predicted octanol–water partition coefficient (Wildman–Crippen LogP) is 5.24. The average molecular weight is 362 g/mol. The third kappa shape index (κ3) is 3.61.